The number of aromatic nitrogens is 6. The molecule has 0 aromatic carbocycles. The van der Waals surface area contributed by atoms with Crippen molar-refractivity contribution in [3.8, 4) is 23.2 Å². The van der Waals surface area contributed by atoms with Gasteiger partial charge in [-0.25, -0.2) is 9.97 Å². The Labute approximate surface area is 192 Å². The predicted molar refractivity (Wildman–Crippen MR) is 125 cm³/mol. The highest BCUT2D eigenvalue weighted by molar-refractivity contribution is 5.93. The Bertz CT molecular complexity index is 1310. The average Bonchev–Trinajstić information content (AvgIpc) is 3.43. The molecule has 168 valence electrons. The van der Waals surface area contributed by atoms with E-state index < -0.39 is 0 Å². The number of ether oxygens (including phenoxy) is 1. The van der Waals surface area contributed by atoms with Gasteiger partial charge >= 0.3 is 0 Å². The highest BCUT2D eigenvalue weighted by Gasteiger charge is 2.27. The maximum Gasteiger partial charge on any atom is 0.214 e. The zero-order chi connectivity index (χ0) is 22.8. The van der Waals surface area contributed by atoms with Crippen molar-refractivity contribution in [3.05, 3.63) is 48.5 Å². The SMILES string of the molecule is CCNc1cc2c(cn1)c(-c1cnn(C)c1)nn2C1CCC(Oc2cc(C#N)ccn2)CC1. The standard InChI is InChI=1S/C24H26N8O/c1-3-26-22-11-21-20(14-28-22)24(17-13-29-31(2)15-17)30-32(21)18-4-6-19(7-5-18)33-23-10-16(12-25)8-9-27-23/h8-11,13-15,18-19H,3-7H2,1-2H3,(H,26,28). The van der Waals surface area contributed by atoms with Crippen LogP contribution in [0.25, 0.3) is 22.2 Å². The largest absolute Gasteiger partial charge is 0.474 e. The van der Waals surface area contributed by atoms with Crippen molar-refractivity contribution in [3.63, 3.8) is 0 Å². The predicted octanol–water partition coefficient (Wildman–Crippen LogP) is 4.09. The minimum absolute atomic E-state index is 0.0845. The lowest BCUT2D eigenvalue weighted by molar-refractivity contribution is 0.126. The molecule has 1 fully saturated rings. The maximum absolute atomic E-state index is 9.10. The van der Waals surface area contributed by atoms with Gasteiger partial charge in [0.05, 0.1) is 29.4 Å². The molecule has 0 atom stereocenters. The monoisotopic (exact) mass is 442 g/mol. The Morgan fingerprint density at radius 3 is 2.76 bits per heavy atom. The van der Waals surface area contributed by atoms with Crippen molar-refractivity contribution < 1.29 is 4.74 Å². The van der Waals surface area contributed by atoms with Crippen LogP contribution in [-0.2, 0) is 7.05 Å². The van der Waals surface area contributed by atoms with Gasteiger partial charge in [-0.1, -0.05) is 0 Å². The third kappa shape index (κ3) is 4.24. The quantitative estimate of drug-likeness (QED) is 0.479. The van der Waals surface area contributed by atoms with Crippen LogP contribution < -0.4 is 10.1 Å². The first-order valence-electron chi connectivity index (χ1n) is 11.3. The van der Waals surface area contributed by atoms with E-state index in [1.807, 2.05) is 25.6 Å². The summed E-state index contributed by atoms with van der Waals surface area (Å²) in [5.41, 5.74) is 3.53. The van der Waals surface area contributed by atoms with E-state index in [-0.39, 0.29) is 12.1 Å². The van der Waals surface area contributed by atoms with Crippen LogP contribution in [0.5, 0.6) is 5.88 Å². The minimum atomic E-state index is 0.0845. The lowest BCUT2D eigenvalue weighted by Crippen LogP contribution is -2.26. The Balaban J connectivity index is 1.40. The number of hydrogen-bond acceptors (Lipinski definition) is 7. The fraction of sp³-hybridized carbons (Fsp3) is 0.375. The molecule has 9 heteroatoms. The molecule has 0 unspecified atom stereocenters. The summed E-state index contributed by atoms with van der Waals surface area (Å²) in [5.74, 6) is 1.37. The molecule has 0 radical (unpaired) electrons. The lowest BCUT2D eigenvalue weighted by atomic mass is 9.93. The number of nitriles is 1. The van der Waals surface area contributed by atoms with E-state index in [0.29, 0.717) is 11.4 Å². The summed E-state index contributed by atoms with van der Waals surface area (Å²) in [6.07, 6.45) is 11.1. The molecule has 0 spiro atoms. The maximum atomic E-state index is 9.10. The number of rotatable bonds is 6. The van der Waals surface area contributed by atoms with E-state index >= 15 is 0 Å². The van der Waals surface area contributed by atoms with E-state index in [0.717, 1.165) is 60.2 Å². The van der Waals surface area contributed by atoms with Gasteiger partial charge in [0.2, 0.25) is 5.88 Å². The first kappa shape index (κ1) is 20.9. The number of aryl methyl sites for hydroxylation is 1. The molecule has 0 amide bonds. The third-order valence-corrected chi connectivity index (χ3v) is 6.07. The number of hydrogen-bond donors (Lipinski definition) is 1. The second kappa shape index (κ2) is 8.90. The summed E-state index contributed by atoms with van der Waals surface area (Å²) < 4.78 is 10.0. The summed E-state index contributed by atoms with van der Waals surface area (Å²) in [6, 6.07) is 7.87. The average molecular weight is 443 g/mol. The zero-order valence-corrected chi connectivity index (χ0v) is 18.8. The number of anilines is 1. The van der Waals surface area contributed by atoms with Gasteiger partial charge in [0.1, 0.15) is 17.6 Å². The molecule has 1 N–H and O–H groups in total. The van der Waals surface area contributed by atoms with Gasteiger partial charge in [-0.3, -0.25) is 9.36 Å². The molecular formula is C24H26N8O. The van der Waals surface area contributed by atoms with Crippen LogP contribution in [0.15, 0.2) is 43.0 Å². The topological polar surface area (TPSA) is 106 Å². The van der Waals surface area contributed by atoms with Crippen LogP contribution in [0.3, 0.4) is 0 Å². The van der Waals surface area contributed by atoms with Crippen molar-refractivity contribution in [1.29, 1.82) is 5.26 Å². The van der Waals surface area contributed by atoms with Gasteiger partial charge in [0.25, 0.3) is 0 Å². The van der Waals surface area contributed by atoms with Crippen LogP contribution in [0, 0.1) is 11.3 Å². The van der Waals surface area contributed by atoms with Gasteiger partial charge in [-0.05, 0) is 38.7 Å². The first-order valence-corrected chi connectivity index (χ1v) is 11.3. The van der Waals surface area contributed by atoms with Gasteiger partial charge in [-0.2, -0.15) is 15.5 Å². The van der Waals surface area contributed by atoms with E-state index in [4.69, 9.17) is 15.1 Å². The van der Waals surface area contributed by atoms with Crippen molar-refractivity contribution in [1.82, 2.24) is 29.5 Å². The normalized spacial score (nSPS) is 18.2. The molecular weight excluding hydrogens is 416 g/mol. The molecule has 0 aliphatic heterocycles. The van der Waals surface area contributed by atoms with Crippen LogP contribution in [0.4, 0.5) is 5.82 Å². The Morgan fingerprint density at radius 1 is 1.18 bits per heavy atom. The van der Waals surface area contributed by atoms with Crippen molar-refractivity contribution in [2.45, 2.75) is 44.8 Å². The summed E-state index contributed by atoms with van der Waals surface area (Å²) >= 11 is 0. The molecule has 4 aromatic rings. The van der Waals surface area contributed by atoms with E-state index in [2.05, 4.69) is 44.1 Å². The molecule has 4 aromatic heterocycles. The molecule has 0 bridgehead atoms. The fourth-order valence-corrected chi connectivity index (χ4v) is 4.47. The molecule has 1 aliphatic carbocycles. The molecule has 4 heterocycles. The van der Waals surface area contributed by atoms with Gasteiger partial charge < -0.3 is 10.1 Å². The van der Waals surface area contributed by atoms with Crippen molar-refractivity contribution >= 4 is 16.7 Å². The van der Waals surface area contributed by atoms with E-state index in [1.165, 1.54) is 0 Å². The first-order chi connectivity index (χ1) is 16.1. The summed E-state index contributed by atoms with van der Waals surface area (Å²) in [4.78, 5) is 8.83. The number of pyridine rings is 2. The van der Waals surface area contributed by atoms with Gasteiger partial charge in [-0.15, -0.1) is 0 Å². The van der Waals surface area contributed by atoms with Crippen molar-refractivity contribution in [2.24, 2.45) is 7.05 Å². The van der Waals surface area contributed by atoms with E-state index in [9.17, 15) is 0 Å². The van der Waals surface area contributed by atoms with E-state index in [1.54, 1.807) is 23.0 Å². The zero-order valence-electron chi connectivity index (χ0n) is 18.8. The summed E-state index contributed by atoms with van der Waals surface area (Å²) in [5, 5.41) is 22.8. The van der Waals surface area contributed by atoms with Crippen LogP contribution in [0.2, 0.25) is 0 Å². The van der Waals surface area contributed by atoms with Crippen LogP contribution in [-0.4, -0.2) is 42.2 Å². The molecule has 9 nitrogen and oxygen atoms in total. The third-order valence-electron chi connectivity index (χ3n) is 6.07. The number of nitrogens with zero attached hydrogens (tertiary/aromatic N) is 7. The molecule has 1 aliphatic rings. The number of fused-ring (bicyclic) bond motifs is 1. The molecule has 0 saturated heterocycles. The minimum Gasteiger partial charge on any atom is -0.474 e. The van der Waals surface area contributed by atoms with Crippen molar-refractivity contribution in [2.75, 3.05) is 11.9 Å². The Kier molecular flexibility index (Phi) is 5.65. The lowest BCUT2D eigenvalue weighted by Gasteiger charge is -2.29. The van der Waals surface area contributed by atoms with Crippen LogP contribution in [0.1, 0.15) is 44.2 Å². The summed E-state index contributed by atoms with van der Waals surface area (Å²) in [6.45, 7) is 2.87. The second-order valence-electron chi connectivity index (χ2n) is 8.36. The fourth-order valence-electron chi connectivity index (χ4n) is 4.47. The van der Waals surface area contributed by atoms with Gasteiger partial charge in [0.15, 0.2) is 0 Å². The highest BCUT2D eigenvalue weighted by atomic mass is 16.5. The Hall–Kier alpha value is -3.93. The Morgan fingerprint density at radius 2 is 2.03 bits per heavy atom. The summed E-state index contributed by atoms with van der Waals surface area (Å²) in [7, 11) is 1.91. The molecule has 33 heavy (non-hydrogen) atoms. The van der Waals surface area contributed by atoms with Gasteiger partial charge in [0, 0.05) is 55.3 Å². The van der Waals surface area contributed by atoms with Crippen LogP contribution >= 0.6 is 0 Å². The molecule has 1 saturated carbocycles. The second-order valence-corrected chi connectivity index (χ2v) is 8.36. The smallest absolute Gasteiger partial charge is 0.214 e. The number of nitrogens with one attached hydrogen (secondary N) is 1. The molecule has 5 rings (SSSR count). The highest BCUT2D eigenvalue weighted by Crippen LogP contribution is 2.36.